The number of benzene rings is 1. The fourth-order valence-corrected chi connectivity index (χ4v) is 5.79. The first-order valence-electron chi connectivity index (χ1n) is 13.6. The van der Waals surface area contributed by atoms with Crippen LogP contribution in [-0.4, -0.2) is 73.8 Å². The van der Waals surface area contributed by atoms with E-state index in [4.69, 9.17) is 19.7 Å². The minimum Gasteiger partial charge on any atom is -0.379 e. The Kier molecular flexibility index (Phi) is 6.80. The van der Waals surface area contributed by atoms with Crippen LogP contribution in [0.2, 0.25) is 0 Å². The van der Waals surface area contributed by atoms with Gasteiger partial charge in [0.1, 0.15) is 11.6 Å². The fraction of sp³-hybridized carbons (Fsp3) is 0.483. The molecule has 0 bridgehead atoms. The van der Waals surface area contributed by atoms with Crippen molar-refractivity contribution in [1.29, 1.82) is 0 Å². The van der Waals surface area contributed by atoms with E-state index in [1.165, 1.54) is 11.1 Å². The molecule has 2 fully saturated rings. The highest BCUT2D eigenvalue weighted by molar-refractivity contribution is 5.63. The van der Waals surface area contributed by atoms with E-state index in [9.17, 15) is 0 Å². The molecular weight excluding hydrogens is 476 g/mol. The maximum Gasteiger partial charge on any atom is 0.252 e. The van der Waals surface area contributed by atoms with Crippen LogP contribution in [0.4, 0.5) is 5.82 Å². The zero-order valence-electron chi connectivity index (χ0n) is 22.8. The minimum absolute atomic E-state index is 0.539. The van der Waals surface area contributed by atoms with Crippen molar-refractivity contribution in [2.24, 2.45) is 5.92 Å². The Morgan fingerprint density at radius 1 is 0.921 bits per heavy atom. The zero-order chi connectivity index (χ0) is 26.2. The third-order valence-electron chi connectivity index (χ3n) is 7.93. The van der Waals surface area contributed by atoms with E-state index < -0.39 is 0 Å². The topological polar surface area (TPSA) is 84.6 Å². The van der Waals surface area contributed by atoms with Crippen LogP contribution in [-0.2, 0) is 17.7 Å². The lowest BCUT2D eigenvalue weighted by molar-refractivity contribution is 0.0342. The van der Waals surface area contributed by atoms with E-state index in [1.807, 2.05) is 17.6 Å². The summed E-state index contributed by atoms with van der Waals surface area (Å²) in [6, 6.07) is 8.76. The summed E-state index contributed by atoms with van der Waals surface area (Å²) in [5, 5.41) is 4.53. The number of nitrogens with zero attached hydrogens (tertiary/aromatic N) is 8. The molecule has 0 radical (unpaired) electrons. The summed E-state index contributed by atoms with van der Waals surface area (Å²) in [5.41, 5.74) is 7.83. The lowest BCUT2D eigenvalue weighted by Gasteiger charge is -2.26. The van der Waals surface area contributed by atoms with Crippen molar-refractivity contribution in [3.05, 3.63) is 64.5 Å². The Morgan fingerprint density at radius 2 is 1.71 bits per heavy atom. The van der Waals surface area contributed by atoms with Gasteiger partial charge in [0.25, 0.3) is 5.78 Å². The lowest BCUT2D eigenvalue weighted by atomic mass is 9.96. The first kappa shape index (κ1) is 24.9. The van der Waals surface area contributed by atoms with Gasteiger partial charge < -0.3 is 9.64 Å². The van der Waals surface area contributed by atoms with E-state index in [-0.39, 0.29) is 0 Å². The molecule has 2 aliphatic heterocycles. The van der Waals surface area contributed by atoms with Crippen molar-refractivity contribution < 1.29 is 4.74 Å². The molecule has 0 saturated carbocycles. The predicted octanol–water partition coefficient (Wildman–Crippen LogP) is 3.72. The molecule has 3 aromatic heterocycles. The molecule has 0 amide bonds. The molecule has 0 N–H and O–H groups in total. The second kappa shape index (κ2) is 10.4. The third kappa shape index (κ3) is 5.00. The monoisotopic (exact) mass is 512 g/mol. The summed E-state index contributed by atoms with van der Waals surface area (Å²) < 4.78 is 7.34. The molecule has 4 aromatic rings. The van der Waals surface area contributed by atoms with Gasteiger partial charge in [0.2, 0.25) is 0 Å². The van der Waals surface area contributed by atoms with Gasteiger partial charge in [-0.1, -0.05) is 24.3 Å². The van der Waals surface area contributed by atoms with Gasteiger partial charge in [0, 0.05) is 49.7 Å². The highest BCUT2D eigenvalue weighted by Crippen LogP contribution is 2.29. The Morgan fingerprint density at radius 3 is 2.47 bits per heavy atom. The van der Waals surface area contributed by atoms with Crippen LogP contribution in [0.15, 0.2) is 30.5 Å². The van der Waals surface area contributed by atoms with Crippen LogP contribution in [0.5, 0.6) is 0 Å². The number of aryl methyl sites for hydroxylation is 4. The maximum absolute atomic E-state index is 5.46. The van der Waals surface area contributed by atoms with Crippen LogP contribution in [0.25, 0.3) is 17.0 Å². The van der Waals surface area contributed by atoms with Gasteiger partial charge in [-0.05, 0) is 57.6 Å². The first-order valence-corrected chi connectivity index (χ1v) is 13.6. The van der Waals surface area contributed by atoms with Crippen LogP contribution in [0, 0.1) is 33.6 Å². The van der Waals surface area contributed by atoms with Crippen molar-refractivity contribution in [3.8, 4) is 11.3 Å². The number of morpholine rings is 1. The second-order valence-electron chi connectivity index (χ2n) is 10.7. The molecule has 0 spiro atoms. The number of fused-ring (bicyclic) bond motifs is 1. The standard InChI is InChI=1S/C29H36N8O/c1-19-26(21(3)37-29(32-19)33-22(4)34-37)15-24-9-10-36(18-24)27-16-30-28(20(2)31-27)25-7-5-23(6-8-25)17-35-11-13-38-14-12-35/h5-8,16,24H,9-15,17-18H2,1-4H3/t24-/m0/s1. The Balaban J connectivity index is 1.12. The number of hydrogen-bond donors (Lipinski definition) is 0. The normalized spacial score (nSPS) is 18.5. The van der Waals surface area contributed by atoms with Crippen molar-refractivity contribution in [2.45, 2.75) is 47.1 Å². The highest BCUT2D eigenvalue weighted by Gasteiger charge is 2.26. The van der Waals surface area contributed by atoms with Gasteiger partial charge in [0.15, 0.2) is 0 Å². The van der Waals surface area contributed by atoms with E-state index in [1.54, 1.807) is 0 Å². The van der Waals surface area contributed by atoms with Crippen molar-refractivity contribution in [1.82, 2.24) is 34.4 Å². The molecular formula is C29H36N8O. The number of aromatic nitrogens is 6. The molecule has 0 unspecified atom stereocenters. The molecule has 2 aliphatic rings. The predicted molar refractivity (Wildman–Crippen MR) is 147 cm³/mol. The van der Waals surface area contributed by atoms with Crippen molar-refractivity contribution in [3.63, 3.8) is 0 Å². The summed E-state index contributed by atoms with van der Waals surface area (Å²) in [6.45, 7) is 14.8. The number of hydrogen-bond acceptors (Lipinski definition) is 8. The third-order valence-corrected chi connectivity index (χ3v) is 7.93. The zero-order valence-corrected chi connectivity index (χ0v) is 22.8. The molecule has 198 valence electrons. The van der Waals surface area contributed by atoms with Crippen molar-refractivity contribution in [2.75, 3.05) is 44.3 Å². The Bertz CT molecular complexity index is 1440. The molecule has 0 aliphatic carbocycles. The average Bonchev–Trinajstić information content (AvgIpc) is 3.54. The van der Waals surface area contributed by atoms with Gasteiger partial charge in [-0.2, -0.15) is 10.1 Å². The van der Waals surface area contributed by atoms with E-state index >= 15 is 0 Å². The quantitative estimate of drug-likeness (QED) is 0.387. The van der Waals surface area contributed by atoms with Gasteiger partial charge in [0.05, 0.1) is 30.8 Å². The molecule has 6 rings (SSSR count). The second-order valence-corrected chi connectivity index (χ2v) is 10.7. The molecule has 9 heteroatoms. The molecule has 9 nitrogen and oxygen atoms in total. The summed E-state index contributed by atoms with van der Waals surface area (Å²) in [4.78, 5) is 23.8. The van der Waals surface area contributed by atoms with Gasteiger partial charge in [-0.3, -0.25) is 9.88 Å². The van der Waals surface area contributed by atoms with Crippen LogP contribution < -0.4 is 4.90 Å². The highest BCUT2D eigenvalue weighted by atomic mass is 16.5. The van der Waals surface area contributed by atoms with E-state index in [0.29, 0.717) is 11.7 Å². The summed E-state index contributed by atoms with van der Waals surface area (Å²) in [7, 11) is 0. The minimum atomic E-state index is 0.539. The van der Waals surface area contributed by atoms with Gasteiger partial charge >= 0.3 is 0 Å². The van der Waals surface area contributed by atoms with E-state index in [0.717, 1.165) is 98.8 Å². The molecule has 2 saturated heterocycles. The number of anilines is 1. The number of ether oxygens (including phenoxy) is 1. The lowest BCUT2D eigenvalue weighted by Crippen LogP contribution is -2.35. The summed E-state index contributed by atoms with van der Waals surface area (Å²) in [5.74, 6) is 2.95. The molecule has 5 heterocycles. The maximum atomic E-state index is 5.46. The number of rotatable bonds is 6. The summed E-state index contributed by atoms with van der Waals surface area (Å²) in [6.07, 6.45) is 4.05. The van der Waals surface area contributed by atoms with Gasteiger partial charge in [-0.15, -0.1) is 0 Å². The van der Waals surface area contributed by atoms with Crippen LogP contribution in [0.1, 0.15) is 40.5 Å². The van der Waals surface area contributed by atoms with Crippen LogP contribution in [0.3, 0.4) is 0 Å². The largest absolute Gasteiger partial charge is 0.379 e. The Hall–Kier alpha value is -3.43. The molecule has 38 heavy (non-hydrogen) atoms. The van der Waals surface area contributed by atoms with Crippen LogP contribution >= 0.6 is 0 Å². The average molecular weight is 513 g/mol. The summed E-state index contributed by atoms with van der Waals surface area (Å²) >= 11 is 0. The fourth-order valence-electron chi connectivity index (χ4n) is 5.79. The molecule has 1 aromatic carbocycles. The molecule has 1 atom stereocenters. The SMILES string of the molecule is Cc1nc2nc(C)c(C[C@@H]3CCN(c4cnc(-c5ccc(CN6CCOCC6)cc5)c(C)n4)C3)c(C)n2n1. The van der Waals surface area contributed by atoms with Crippen molar-refractivity contribution >= 4 is 11.6 Å². The van der Waals surface area contributed by atoms with Gasteiger partial charge in [-0.25, -0.2) is 14.5 Å². The first-order chi connectivity index (χ1) is 18.4. The van der Waals surface area contributed by atoms with E-state index in [2.05, 4.69) is 64.9 Å². The smallest absolute Gasteiger partial charge is 0.252 e. The Labute approximate surface area is 223 Å².